The maximum absolute atomic E-state index is 13.5. The molecule has 1 aromatic carbocycles. The molecule has 1 heterocycles. The molecular weight excluding hydrogens is 235 g/mol. The van der Waals surface area contributed by atoms with E-state index in [1.807, 2.05) is 19.1 Å². The predicted octanol–water partition coefficient (Wildman–Crippen LogP) is 3.28. The normalized spacial score (nSPS) is 17.5. The van der Waals surface area contributed by atoms with Gasteiger partial charge in [-0.2, -0.15) is 0 Å². The molecule has 0 aromatic heterocycles. The van der Waals surface area contributed by atoms with Crippen molar-refractivity contribution >= 4 is 16.9 Å². The molecule has 1 aliphatic rings. The van der Waals surface area contributed by atoms with E-state index >= 15 is 0 Å². The van der Waals surface area contributed by atoms with Crippen LogP contribution in [0.2, 0.25) is 0 Å². The number of aliphatic imine (C=N–C) groups is 1. The zero-order valence-corrected chi connectivity index (χ0v) is 11.0. The molecule has 0 aliphatic carbocycles. The summed E-state index contributed by atoms with van der Waals surface area (Å²) in [5.74, 6) is 0.968. The van der Waals surface area contributed by atoms with Crippen molar-refractivity contribution in [3.8, 4) is 0 Å². The lowest BCUT2D eigenvalue weighted by Crippen LogP contribution is -2.26. The van der Waals surface area contributed by atoms with Crippen LogP contribution >= 0.6 is 11.8 Å². The fourth-order valence-corrected chi connectivity index (χ4v) is 2.60. The molecule has 0 saturated heterocycles. The Morgan fingerprint density at radius 3 is 2.94 bits per heavy atom. The minimum Gasteiger partial charge on any atom is -0.358 e. The number of thioether (sulfide) groups is 1. The van der Waals surface area contributed by atoms with Gasteiger partial charge in [0.25, 0.3) is 0 Å². The van der Waals surface area contributed by atoms with E-state index in [1.54, 1.807) is 24.8 Å². The first-order chi connectivity index (χ1) is 8.16. The van der Waals surface area contributed by atoms with Crippen LogP contribution in [0.1, 0.15) is 30.5 Å². The Morgan fingerprint density at radius 2 is 2.29 bits per heavy atom. The lowest BCUT2D eigenvalue weighted by molar-refractivity contribution is 0.609. The van der Waals surface area contributed by atoms with Crippen LogP contribution in [0.3, 0.4) is 0 Å². The minimum atomic E-state index is -0.144. The van der Waals surface area contributed by atoms with Crippen molar-refractivity contribution < 1.29 is 4.39 Å². The van der Waals surface area contributed by atoms with Crippen LogP contribution in [-0.2, 0) is 0 Å². The van der Waals surface area contributed by atoms with Gasteiger partial charge in [-0.1, -0.05) is 23.9 Å². The van der Waals surface area contributed by atoms with Gasteiger partial charge in [0.05, 0.1) is 6.04 Å². The van der Waals surface area contributed by atoms with Gasteiger partial charge in [-0.05, 0) is 37.5 Å². The van der Waals surface area contributed by atoms with E-state index in [2.05, 4.69) is 10.3 Å². The highest BCUT2D eigenvalue weighted by atomic mass is 32.2. The number of benzene rings is 1. The molecule has 1 atom stereocenters. The number of nitrogens with one attached hydrogen (secondary N) is 1. The average Bonchev–Trinajstić information content (AvgIpc) is 2.34. The van der Waals surface area contributed by atoms with E-state index in [-0.39, 0.29) is 11.9 Å². The molecule has 2 rings (SSSR count). The third kappa shape index (κ3) is 3.22. The van der Waals surface area contributed by atoms with Crippen LogP contribution in [0.4, 0.5) is 4.39 Å². The van der Waals surface area contributed by atoms with Crippen molar-refractivity contribution in [2.45, 2.75) is 26.3 Å². The topological polar surface area (TPSA) is 24.4 Å². The molecule has 0 amide bonds. The quantitative estimate of drug-likeness (QED) is 0.873. The molecule has 0 spiro atoms. The molecule has 0 fully saturated rings. The average molecular weight is 252 g/mol. The fourth-order valence-electron chi connectivity index (χ4n) is 1.69. The SMILES string of the molecule is Cc1ccc(C(C)NC2=NCCCS2)cc1F. The van der Waals surface area contributed by atoms with E-state index < -0.39 is 0 Å². The van der Waals surface area contributed by atoms with Crippen molar-refractivity contribution in [3.63, 3.8) is 0 Å². The highest BCUT2D eigenvalue weighted by molar-refractivity contribution is 8.13. The molecule has 1 aromatic rings. The molecule has 0 bridgehead atoms. The van der Waals surface area contributed by atoms with Crippen LogP contribution in [0, 0.1) is 12.7 Å². The first-order valence-electron chi connectivity index (χ1n) is 5.86. The second kappa shape index (κ2) is 5.54. The zero-order chi connectivity index (χ0) is 12.3. The third-order valence-corrected chi connectivity index (χ3v) is 3.85. The lowest BCUT2D eigenvalue weighted by Gasteiger charge is -2.19. The smallest absolute Gasteiger partial charge is 0.157 e. The summed E-state index contributed by atoms with van der Waals surface area (Å²) in [6.45, 7) is 4.70. The third-order valence-electron chi connectivity index (χ3n) is 2.83. The summed E-state index contributed by atoms with van der Waals surface area (Å²) in [6.07, 6.45) is 1.14. The van der Waals surface area contributed by atoms with Crippen molar-refractivity contribution in [2.24, 2.45) is 4.99 Å². The highest BCUT2D eigenvalue weighted by Crippen LogP contribution is 2.19. The molecule has 0 radical (unpaired) electrons. The van der Waals surface area contributed by atoms with Gasteiger partial charge in [0.2, 0.25) is 0 Å². The second-order valence-corrected chi connectivity index (χ2v) is 5.35. The number of hydrogen-bond donors (Lipinski definition) is 1. The number of amidine groups is 1. The van der Waals surface area contributed by atoms with Crippen LogP contribution in [-0.4, -0.2) is 17.5 Å². The fraction of sp³-hybridized carbons (Fsp3) is 0.462. The van der Waals surface area contributed by atoms with E-state index in [4.69, 9.17) is 0 Å². The predicted molar refractivity (Wildman–Crippen MR) is 72.1 cm³/mol. The Bertz CT molecular complexity index is 431. The number of halogens is 1. The summed E-state index contributed by atoms with van der Waals surface area (Å²) in [6, 6.07) is 5.47. The molecule has 0 saturated carbocycles. The molecule has 92 valence electrons. The summed E-state index contributed by atoms with van der Waals surface area (Å²) in [7, 11) is 0. The van der Waals surface area contributed by atoms with Gasteiger partial charge in [0.1, 0.15) is 5.82 Å². The van der Waals surface area contributed by atoms with Crippen molar-refractivity contribution in [1.82, 2.24) is 5.32 Å². The molecule has 2 nitrogen and oxygen atoms in total. The van der Waals surface area contributed by atoms with Crippen LogP contribution in [0.5, 0.6) is 0 Å². The molecule has 1 unspecified atom stereocenters. The maximum Gasteiger partial charge on any atom is 0.157 e. The molecule has 4 heteroatoms. The summed E-state index contributed by atoms with van der Waals surface area (Å²) < 4.78 is 13.5. The summed E-state index contributed by atoms with van der Waals surface area (Å²) in [5, 5.41) is 4.30. The molecule has 1 aliphatic heterocycles. The van der Waals surface area contributed by atoms with Crippen molar-refractivity contribution in [3.05, 3.63) is 35.1 Å². The van der Waals surface area contributed by atoms with Crippen molar-refractivity contribution in [1.29, 1.82) is 0 Å². The molecule has 1 N–H and O–H groups in total. The second-order valence-electron chi connectivity index (χ2n) is 4.26. The van der Waals surface area contributed by atoms with E-state index in [0.29, 0.717) is 5.56 Å². The van der Waals surface area contributed by atoms with Gasteiger partial charge in [0, 0.05) is 12.3 Å². The Hall–Kier alpha value is -1.03. The van der Waals surface area contributed by atoms with E-state index in [9.17, 15) is 4.39 Å². The summed E-state index contributed by atoms with van der Waals surface area (Å²) in [5.41, 5.74) is 1.65. The maximum atomic E-state index is 13.5. The largest absolute Gasteiger partial charge is 0.358 e. The minimum absolute atomic E-state index is 0.0921. The zero-order valence-electron chi connectivity index (χ0n) is 10.2. The number of aryl methyl sites for hydroxylation is 1. The Balaban J connectivity index is 2.06. The van der Waals surface area contributed by atoms with Gasteiger partial charge < -0.3 is 5.32 Å². The van der Waals surface area contributed by atoms with Gasteiger partial charge in [-0.15, -0.1) is 0 Å². The first kappa shape index (κ1) is 12.4. The first-order valence-corrected chi connectivity index (χ1v) is 6.85. The molecule has 17 heavy (non-hydrogen) atoms. The van der Waals surface area contributed by atoms with Crippen LogP contribution in [0.15, 0.2) is 23.2 Å². The van der Waals surface area contributed by atoms with Gasteiger partial charge in [0.15, 0.2) is 5.17 Å². The molecular formula is C13H17FN2S. The Morgan fingerprint density at radius 1 is 1.47 bits per heavy atom. The monoisotopic (exact) mass is 252 g/mol. The van der Waals surface area contributed by atoms with Crippen molar-refractivity contribution in [2.75, 3.05) is 12.3 Å². The summed E-state index contributed by atoms with van der Waals surface area (Å²) >= 11 is 1.74. The lowest BCUT2D eigenvalue weighted by atomic mass is 10.1. The summed E-state index contributed by atoms with van der Waals surface area (Å²) in [4.78, 5) is 4.41. The standard InChI is InChI=1S/C13H17FN2S/c1-9-4-5-11(8-12(9)14)10(2)16-13-15-6-3-7-17-13/h4-5,8,10H,3,6-7H2,1-2H3,(H,15,16). The van der Waals surface area contributed by atoms with Gasteiger partial charge >= 0.3 is 0 Å². The Kier molecular flexibility index (Phi) is 4.05. The number of rotatable bonds is 2. The number of hydrogen-bond acceptors (Lipinski definition) is 3. The van der Waals surface area contributed by atoms with E-state index in [0.717, 1.165) is 29.4 Å². The Labute approximate surface area is 106 Å². The highest BCUT2D eigenvalue weighted by Gasteiger charge is 2.11. The van der Waals surface area contributed by atoms with Crippen LogP contribution < -0.4 is 5.32 Å². The van der Waals surface area contributed by atoms with Gasteiger partial charge in [-0.3, -0.25) is 4.99 Å². The number of nitrogens with zero attached hydrogens (tertiary/aromatic N) is 1. The van der Waals surface area contributed by atoms with Gasteiger partial charge in [-0.25, -0.2) is 4.39 Å². The van der Waals surface area contributed by atoms with E-state index in [1.165, 1.54) is 0 Å². The van der Waals surface area contributed by atoms with Crippen LogP contribution in [0.25, 0.3) is 0 Å².